The number of ether oxygens (including phenoxy) is 1. The van der Waals surface area contributed by atoms with Crippen molar-refractivity contribution in [1.29, 1.82) is 5.26 Å². The lowest BCUT2D eigenvalue weighted by Crippen LogP contribution is -2.21. The standard InChI is InChI=1S/C20H22F3N3O/c1-26(12-3-10-24)18-8-6-16(7-9-18)15-25-11-13-27-19-5-2-4-17(14-19)20(21,22)23/h2,4-9,14,25H,3,11-13,15H2,1H3. The van der Waals surface area contributed by atoms with Gasteiger partial charge >= 0.3 is 6.18 Å². The Kier molecular flexibility index (Phi) is 7.50. The highest BCUT2D eigenvalue weighted by Crippen LogP contribution is 2.31. The normalized spacial score (nSPS) is 11.1. The summed E-state index contributed by atoms with van der Waals surface area (Å²) in [5.74, 6) is 0.205. The number of hydrogen-bond acceptors (Lipinski definition) is 4. The van der Waals surface area contributed by atoms with Gasteiger partial charge in [0.25, 0.3) is 0 Å². The van der Waals surface area contributed by atoms with Gasteiger partial charge in [0.05, 0.1) is 18.1 Å². The van der Waals surface area contributed by atoms with E-state index in [1.54, 1.807) is 0 Å². The molecule has 0 aliphatic heterocycles. The van der Waals surface area contributed by atoms with Crippen LogP contribution in [0, 0.1) is 11.3 Å². The van der Waals surface area contributed by atoms with E-state index in [-0.39, 0.29) is 12.4 Å². The van der Waals surface area contributed by atoms with Crippen molar-refractivity contribution in [2.24, 2.45) is 0 Å². The third-order valence-corrected chi connectivity index (χ3v) is 3.97. The summed E-state index contributed by atoms with van der Waals surface area (Å²) >= 11 is 0. The van der Waals surface area contributed by atoms with E-state index in [4.69, 9.17) is 10.00 Å². The number of anilines is 1. The molecule has 0 aromatic heterocycles. The number of benzene rings is 2. The van der Waals surface area contributed by atoms with Gasteiger partial charge in [0, 0.05) is 32.4 Å². The highest BCUT2D eigenvalue weighted by molar-refractivity contribution is 5.46. The second-order valence-corrected chi connectivity index (χ2v) is 6.05. The summed E-state index contributed by atoms with van der Waals surface area (Å²) in [7, 11) is 1.94. The Morgan fingerprint density at radius 2 is 1.89 bits per heavy atom. The first-order valence-corrected chi connectivity index (χ1v) is 8.58. The average molecular weight is 377 g/mol. The van der Waals surface area contributed by atoms with Crippen LogP contribution < -0.4 is 15.0 Å². The molecule has 0 spiro atoms. The van der Waals surface area contributed by atoms with E-state index in [0.29, 0.717) is 26.1 Å². The maximum Gasteiger partial charge on any atom is 0.416 e. The summed E-state index contributed by atoms with van der Waals surface area (Å²) in [6.07, 6.45) is -3.89. The summed E-state index contributed by atoms with van der Waals surface area (Å²) in [6.45, 7) is 2.10. The van der Waals surface area contributed by atoms with Crippen molar-refractivity contribution in [2.75, 3.05) is 31.6 Å². The summed E-state index contributed by atoms with van der Waals surface area (Å²) in [6, 6.07) is 15.0. The molecule has 0 unspecified atom stereocenters. The number of nitrogens with zero attached hydrogens (tertiary/aromatic N) is 2. The maximum absolute atomic E-state index is 12.7. The molecule has 4 nitrogen and oxygen atoms in total. The van der Waals surface area contributed by atoms with Gasteiger partial charge in [-0.25, -0.2) is 0 Å². The van der Waals surface area contributed by atoms with Gasteiger partial charge < -0.3 is 15.0 Å². The third kappa shape index (κ3) is 6.83. The fraction of sp³-hybridized carbons (Fsp3) is 0.350. The first-order valence-electron chi connectivity index (χ1n) is 8.58. The van der Waals surface area contributed by atoms with Gasteiger partial charge in [0.15, 0.2) is 0 Å². The molecule has 0 radical (unpaired) electrons. The van der Waals surface area contributed by atoms with E-state index in [9.17, 15) is 13.2 Å². The van der Waals surface area contributed by atoms with Crippen molar-refractivity contribution < 1.29 is 17.9 Å². The van der Waals surface area contributed by atoms with Gasteiger partial charge in [-0.1, -0.05) is 18.2 Å². The molecule has 0 aliphatic rings. The molecule has 0 aliphatic carbocycles. The molecule has 0 bridgehead atoms. The quantitative estimate of drug-likeness (QED) is 0.665. The summed E-state index contributed by atoms with van der Waals surface area (Å²) in [5.41, 5.74) is 1.42. The smallest absolute Gasteiger partial charge is 0.416 e. The highest BCUT2D eigenvalue weighted by atomic mass is 19.4. The van der Waals surface area contributed by atoms with Crippen molar-refractivity contribution >= 4 is 5.69 Å². The van der Waals surface area contributed by atoms with E-state index in [2.05, 4.69) is 11.4 Å². The second-order valence-electron chi connectivity index (χ2n) is 6.05. The summed E-state index contributed by atoms with van der Waals surface area (Å²) in [4.78, 5) is 2.02. The molecular weight excluding hydrogens is 355 g/mol. The fourth-order valence-electron chi connectivity index (χ4n) is 2.45. The Labute approximate surface area is 157 Å². The van der Waals surface area contributed by atoms with E-state index in [1.165, 1.54) is 12.1 Å². The van der Waals surface area contributed by atoms with Crippen LogP contribution in [-0.4, -0.2) is 26.7 Å². The van der Waals surface area contributed by atoms with Gasteiger partial charge in [-0.15, -0.1) is 0 Å². The van der Waals surface area contributed by atoms with Gasteiger partial charge in [0.2, 0.25) is 0 Å². The lowest BCUT2D eigenvalue weighted by Gasteiger charge is -2.18. The molecular formula is C20H22F3N3O. The number of nitriles is 1. The van der Waals surface area contributed by atoms with Crippen molar-refractivity contribution in [1.82, 2.24) is 5.32 Å². The van der Waals surface area contributed by atoms with Crippen LogP contribution in [0.4, 0.5) is 18.9 Å². The fourth-order valence-corrected chi connectivity index (χ4v) is 2.45. The zero-order valence-electron chi connectivity index (χ0n) is 15.1. The molecule has 144 valence electrons. The molecule has 0 saturated carbocycles. The number of halogens is 3. The predicted molar refractivity (Wildman–Crippen MR) is 98.6 cm³/mol. The van der Waals surface area contributed by atoms with Crippen LogP contribution in [0.1, 0.15) is 17.5 Å². The molecule has 0 saturated heterocycles. The minimum Gasteiger partial charge on any atom is -0.492 e. The van der Waals surface area contributed by atoms with E-state index < -0.39 is 11.7 Å². The van der Waals surface area contributed by atoms with Crippen molar-refractivity contribution in [3.05, 3.63) is 59.7 Å². The van der Waals surface area contributed by atoms with Crippen LogP contribution >= 0.6 is 0 Å². The van der Waals surface area contributed by atoms with Crippen LogP contribution in [0.5, 0.6) is 5.75 Å². The van der Waals surface area contributed by atoms with Gasteiger partial charge in [-0.05, 0) is 35.9 Å². The van der Waals surface area contributed by atoms with Gasteiger partial charge in [-0.3, -0.25) is 0 Å². The Balaban J connectivity index is 1.72. The van der Waals surface area contributed by atoms with Crippen LogP contribution in [-0.2, 0) is 12.7 Å². The van der Waals surface area contributed by atoms with E-state index >= 15 is 0 Å². The molecule has 1 N–H and O–H groups in total. The highest BCUT2D eigenvalue weighted by Gasteiger charge is 2.30. The van der Waals surface area contributed by atoms with Crippen LogP contribution in [0.15, 0.2) is 48.5 Å². The monoisotopic (exact) mass is 377 g/mol. The number of alkyl halides is 3. The molecule has 2 aromatic carbocycles. The maximum atomic E-state index is 12.7. The van der Waals surface area contributed by atoms with Crippen LogP contribution in [0.2, 0.25) is 0 Å². The summed E-state index contributed by atoms with van der Waals surface area (Å²) in [5, 5.41) is 11.8. The molecule has 27 heavy (non-hydrogen) atoms. The van der Waals surface area contributed by atoms with Crippen molar-refractivity contribution in [3.8, 4) is 11.8 Å². The molecule has 7 heteroatoms. The first-order chi connectivity index (χ1) is 12.9. The van der Waals surface area contributed by atoms with Crippen molar-refractivity contribution in [2.45, 2.75) is 19.1 Å². The molecule has 2 rings (SSSR count). The molecule has 0 heterocycles. The topological polar surface area (TPSA) is 48.3 Å². The number of hydrogen-bond donors (Lipinski definition) is 1. The van der Waals surface area contributed by atoms with Crippen molar-refractivity contribution in [3.63, 3.8) is 0 Å². The Morgan fingerprint density at radius 3 is 2.56 bits per heavy atom. The third-order valence-electron chi connectivity index (χ3n) is 3.97. The minimum atomic E-state index is -4.37. The first kappa shape index (κ1) is 20.6. The van der Waals surface area contributed by atoms with Gasteiger partial charge in [0.1, 0.15) is 12.4 Å². The Bertz CT molecular complexity index is 754. The van der Waals surface area contributed by atoms with E-state index in [0.717, 1.165) is 23.4 Å². The predicted octanol–water partition coefficient (Wildman–Crippen LogP) is 4.22. The van der Waals surface area contributed by atoms with Crippen LogP contribution in [0.25, 0.3) is 0 Å². The Hall–Kier alpha value is -2.72. The van der Waals surface area contributed by atoms with Crippen LogP contribution in [0.3, 0.4) is 0 Å². The number of rotatable bonds is 9. The molecule has 0 amide bonds. The zero-order chi connectivity index (χ0) is 19.7. The lowest BCUT2D eigenvalue weighted by atomic mass is 10.2. The Morgan fingerprint density at radius 1 is 1.15 bits per heavy atom. The summed E-state index contributed by atoms with van der Waals surface area (Å²) < 4.78 is 43.3. The average Bonchev–Trinajstić information content (AvgIpc) is 2.66. The molecule has 0 fully saturated rings. The molecule has 2 aromatic rings. The lowest BCUT2D eigenvalue weighted by molar-refractivity contribution is -0.137. The zero-order valence-corrected chi connectivity index (χ0v) is 15.1. The SMILES string of the molecule is CN(CCC#N)c1ccc(CNCCOc2cccc(C(F)(F)F)c2)cc1. The minimum absolute atomic E-state index is 0.205. The number of nitrogens with one attached hydrogen (secondary N) is 1. The second kappa shape index (κ2) is 9.83. The van der Waals surface area contributed by atoms with E-state index in [1.807, 2.05) is 36.2 Å². The largest absolute Gasteiger partial charge is 0.492 e. The molecule has 0 atom stereocenters. The van der Waals surface area contributed by atoms with Gasteiger partial charge in [-0.2, -0.15) is 18.4 Å².